The normalized spacial score (nSPS) is 28.8. The van der Waals surface area contributed by atoms with Gasteiger partial charge in [-0.05, 0) is 30.0 Å². The summed E-state index contributed by atoms with van der Waals surface area (Å²) in [5.74, 6) is 0.0809. The SMILES string of the molecule is CCC[C@@]12C(=O)[C@@](C)(N=NN1Cc1ccccc1)[C@H](c1ccccc1)[C@H]2c1ccccc1. The van der Waals surface area contributed by atoms with Crippen LogP contribution in [0.1, 0.15) is 55.2 Å². The summed E-state index contributed by atoms with van der Waals surface area (Å²) < 4.78 is 0. The summed E-state index contributed by atoms with van der Waals surface area (Å²) in [7, 11) is 0. The number of carbonyl (C=O) groups is 1. The largest absolute Gasteiger partial charge is 0.294 e. The van der Waals surface area contributed by atoms with Crippen LogP contribution in [0.3, 0.4) is 0 Å². The fourth-order valence-electron chi connectivity index (χ4n) is 5.95. The summed E-state index contributed by atoms with van der Waals surface area (Å²) in [6.45, 7) is 4.71. The van der Waals surface area contributed by atoms with Crippen molar-refractivity contribution in [2.75, 3.05) is 0 Å². The first kappa shape index (κ1) is 20.6. The minimum atomic E-state index is -0.885. The third-order valence-electron chi connectivity index (χ3n) is 7.25. The Hall–Kier alpha value is -3.27. The van der Waals surface area contributed by atoms with E-state index in [1.807, 2.05) is 42.3 Å². The first-order valence-corrected chi connectivity index (χ1v) is 11.5. The van der Waals surface area contributed by atoms with Crippen LogP contribution in [0.15, 0.2) is 101 Å². The number of ketones is 1. The van der Waals surface area contributed by atoms with Crippen LogP contribution in [0, 0.1) is 0 Å². The second-order valence-corrected chi connectivity index (χ2v) is 9.16. The number of rotatable bonds is 6. The van der Waals surface area contributed by atoms with E-state index in [1.165, 1.54) is 5.56 Å². The van der Waals surface area contributed by atoms with E-state index in [-0.39, 0.29) is 17.6 Å². The molecule has 2 bridgehead atoms. The van der Waals surface area contributed by atoms with Crippen molar-refractivity contribution in [2.24, 2.45) is 10.3 Å². The fraction of sp³-hybridized carbons (Fsp3) is 0.321. The van der Waals surface area contributed by atoms with Crippen LogP contribution in [0.25, 0.3) is 0 Å². The standard InChI is InChI=1S/C28H29N3O/c1-3-19-28-25(23-17-11-6-12-18-23)24(22-15-9-5-10-16-22)27(2,26(28)32)29-30-31(28)20-21-13-7-4-8-14-21/h4-18,24-25H,3,19-20H2,1-2H3/t24-,25-,27+,28-/m1/s1. The molecule has 1 saturated carbocycles. The van der Waals surface area contributed by atoms with Crippen LogP contribution in [0.5, 0.6) is 0 Å². The summed E-state index contributed by atoms with van der Waals surface area (Å²) in [5, 5.41) is 11.5. The van der Waals surface area contributed by atoms with Gasteiger partial charge in [0.05, 0.1) is 6.54 Å². The molecule has 4 heteroatoms. The highest BCUT2D eigenvalue weighted by Crippen LogP contribution is 2.62. The van der Waals surface area contributed by atoms with Gasteiger partial charge in [0.2, 0.25) is 0 Å². The number of hydrogen-bond acceptors (Lipinski definition) is 4. The Morgan fingerprint density at radius 2 is 1.34 bits per heavy atom. The van der Waals surface area contributed by atoms with Gasteiger partial charge in [-0.15, -0.1) is 0 Å². The molecule has 0 N–H and O–H groups in total. The molecule has 3 aromatic rings. The Morgan fingerprint density at radius 3 is 1.91 bits per heavy atom. The second kappa shape index (κ2) is 8.01. The molecule has 1 aliphatic carbocycles. The molecule has 162 valence electrons. The molecule has 0 amide bonds. The number of Topliss-reactive ketones (excluding diaryl/α,β-unsaturated/α-hetero) is 1. The van der Waals surface area contributed by atoms with Gasteiger partial charge in [0.25, 0.3) is 0 Å². The number of fused-ring (bicyclic) bond motifs is 2. The smallest absolute Gasteiger partial charge is 0.190 e. The van der Waals surface area contributed by atoms with Crippen LogP contribution >= 0.6 is 0 Å². The average Bonchev–Trinajstić information content (AvgIpc) is 2.95. The third kappa shape index (κ3) is 3.01. The lowest BCUT2D eigenvalue weighted by molar-refractivity contribution is -0.137. The Bertz CT molecular complexity index is 1120. The van der Waals surface area contributed by atoms with Crippen LogP contribution in [0.4, 0.5) is 0 Å². The maximum absolute atomic E-state index is 14.4. The number of carbonyl (C=O) groups excluding carboxylic acids is 1. The van der Waals surface area contributed by atoms with Gasteiger partial charge in [0.1, 0.15) is 11.1 Å². The van der Waals surface area contributed by atoms with E-state index in [0.717, 1.165) is 24.0 Å². The van der Waals surface area contributed by atoms with Crippen molar-refractivity contribution in [2.45, 2.75) is 56.1 Å². The lowest BCUT2D eigenvalue weighted by atomic mass is 9.72. The van der Waals surface area contributed by atoms with Gasteiger partial charge in [0.15, 0.2) is 5.78 Å². The van der Waals surface area contributed by atoms with E-state index in [0.29, 0.717) is 6.54 Å². The van der Waals surface area contributed by atoms with Crippen LogP contribution < -0.4 is 0 Å². The molecule has 1 heterocycles. The molecule has 3 aromatic carbocycles. The minimum absolute atomic E-state index is 0.0396. The predicted molar refractivity (Wildman–Crippen MR) is 126 cm³/mol. The summed E-state index contributed by atoms with van der Waals surface area (Å²) in [6, 6.07) is 31.2. The molecule has 5 rings (SSSR count). The predicted octanol–water partition coefficient (Wildman–Crippen LogP) is 6.32. The highest BCUT2D eigenvalue weighted by atomic mass is 16.1. The minimum Gasteiger partial charge on any atom is -0.294 e. The lowest BCUT2D eigenvalue weighted by Crippen LogP contribution is -2.57. The Balaban J connectivity index is 1.73. The molecular weight excluding hydrogens is 394 g/mol. The molecule has 0 spiro atoms. The van der Waals surface area contributed by atoms with Crippen molar-refractivity contribution in [3.8, 4) is 0 Å². The average molecular weight is 424 g/mol. The molecule has 1 aliphatic heterocycles. The van der Waals surface area contributed by atoms with E-state index < -0.39 is 11.1 Å². The van der Waals surface area contributed by atoms with Crippen LogP contribution in [-0.4, -0.2) is 21.9 Å². The Morgan fingerprint density at radius 1 is 0.812 bits per heavy atom. The van der Waals surface area contributed by atoms with Gasteiger partial charge in [-0.2, -0.15) is 5.11 Å². The maximum atomic E-state index is 14.4. The zero-order valence-electron chi connectivity index (χ0n) is 18.7. The maximum Gasteiger partial charge on any atom is 0.190 e. The molecule has 1 fully saturated rings. The van der Waals surface area contributed by atoms with Crippen molar-refractivity contribution < 1.29 is 4.79 Å². The third-order valence-corrected chi connectivity index (χ3v) is 7.25. The first-order valence-electron chi connectivity index (χ1n) is 11.5. The molecule has 4 atom stereocenters. The van der Waals surface area contributed by atoms with Crippen molar-refractivity contribution in [3.63, 3.8) is 0 Å². The quantitative estimate of drug-likeness (QED) is 0.466. The topological polar surface area (TPSA) is 45.0 Å². The van der Waals surface area contributed by atoms with E-state index in [4.69, 9.17) is 10.3 Å². The van der Waals surface area contributed by atoms with Crippen molar-refractivity contribution in [1.82, 2.24) is 5.01 Å². The molecule has 0 unspecified atom stereocenters. The Kier molecular flexibility index (Phi) is 5.16. The molecule has 0 radical (unpaired) electrons. The van der Waals surface area contributed by atoms with Crippen LogP contribution in [-0.2, 0) is 11.3 Å². The summed E-state index contributed by atoms with van der Waals surface area (Å²) in [5.41, 5.74) is 1.84. The van der Waals surface area contributed by atoms with Gasteiger partial charge < -0.3 is 0 Å². The van der Waals surface area contributed by atoms with E-state index in [1.54, 1.807) is 0 Å². The van der Waals surface area contributed by atoms with E-state index in [2.05, 4.69) is 67.6 Å². The second-order valence-electron chi connectivity index (χ2n) is 9.16. The highest BCUT2D eigenvalue weighted by molar-refractivity contribution is 6.02. The molecule has 0 aromatic heterocycles. The monoisotopic (exact) mass is 423 g/mol. The lowest BCUT2D eigenvalue weighted by Gasteiger charge is -2.43. The summed E-state index contributed by atoms with van der Waals surface area (Å²) in [6.07, 6.45) is 1.64. The molecular formula is C28H29N3O. The van der Waals surface area contributed by atoms with Crippen molar-refractivity contribution >= 4 is 5.78 Å². The van der Waals surface area contributed by atoms with E-state index >= 15 is 0 Å². The van der Waals surface area contributed by atoms with Gasteiger partial charge >= 0.3 is 0 Å². The molecule has 2 aliphatic rings. The Labute approximate surface area is 190 Å². The highest BCUT2D eigenvalue weighted by Gasteiger charge is 2.71. The van der Waals surface area contributed by atoms with Gasteiger partial charge in [-0.3, -0.25) is 9.80 Å². The summed E-state index contributed by atoms with van der Waals surface area (Å²) >= 11 is 0. The van der Waals surface area contributed by atoms with Crippen molar-refractivity contribution in [3.05, 3.63) is 108 Å². The van der Waals surface area contributed by atoms with Gasteiger partial charge in [0, 0.05) is 11.8 Å². The molecule has 0 saturated heterocycles. The van der Waals surface area contributed by atoms with Crippen LogP contribution in [0.2, 0.25) is 0 Å². The fourth-order valence-corrected chi connectivity index (χ4v) is 5.95. The molecule has 4 nitrogen and oxygen atoms in total. The van der Waals surface area contributed by atoms with Gasteiger partial charge in [-0.25, -0.2) is 0 Å². The number of benzene rings is 3. The van der Waals surface area contributed by atoms with Crippen molar-refractivity contribution in [1.29, 1.82) is 0 Å². The number of hydrogen-bond donors (Lipinski definition) is 0. The number of nitrogens with zero attached hydrogens (tertiary/aromatic N) is 3. The first-order chi connectivity index (χ1) is 15.6. The zero-order valence-corrected chi connectivity index (χ0v) is 18.7. The molecule has 32 heavy (non-hydrogen) atoms. The summed E-state index contributed by atoms with van der Waals surface area (Å²) in [4.78, 5) is 14.4. The van der Waals surface area contributed by atoms with E-state index in [9.17, 15) is 4.79 Å². The van der Waals surface area contributed by atoms with Gasteiger partial charge in [-0.1, -0.05) is 110 Å². The zero-order chi connectivity index (χ0) is 22.2.